The Morgan fingerprint density at radius 3 is 2.47 bits per heavy atom. The minimum absolute atomic E-state index is 0.126. The van der Waals surface area contributed by atoms with Gasteiger partial charge in [0.15, 0.2) is 0 Å². The smallest absolute Gasteiger partial charge is 0.319 e. The SMILES string of the molecule is CC(C)C(C(=O)O)S(=O)CCCCC#N. The minimum Gasteiger partial charge on any atom is -0.480 e. The van der Waals surface area contributed by atoms with Crippen molar-refractivity contribution in [2.75, 3.05) is 5.75 Å². The van der Waals surface area contributed by atoms with E-state index in [9.17, 15) is 9.00 Å². The average molecular weight is 231 g/mol. The first kappa shape index (κ1) is 14.1. The van der Waals surface area contributed by atoms with Gasteiger partial charge in [-0.2, -0.15) is 5.26 Å². The Bertz CT molecular complexity index is 270. The van der Waals surface area contributed by atoms with Crippen molar-refractivity contribution in [1.29, 1.82) is 5.26 Å². The van der Waals surface area contributed by atoms with Gasteiger partial charge in [-0.15, -0.1) is 0 Å². The fraction of sp³-hybridized carbons (Fsp3) is 0.800. The van der Waals surface area contributed by atoms with E-state index in [0.29, 0.717) is 25.0 Å². The summed E-state index contributed by atoms with van der Waals surface area (Å²) in [6, 6.07) is 2.00. The minimum atomic E-state index is -1.33. The van der Waals surface area contributed by atoms with Gasteiger partial charge in [0.2, 0.25) is 0 Å². The molecule has 86 valence electrons. The Balaban J connectivity index is 4.06. The quantitative estimate of drug-likeness (QED) is 0.674. The molecular weight excluding hydrogens is 214 g/mol. The van der Waals surface area contributed by atoms with E-state index in [1.807, 2.05) is 6.07 Å². The third kappa shape index (κ3) is 5.53. The molecule has 0 aromatic heterocycles. The zero-order valence-corrected chi connectivity index (χ0v) is 9.92. The van der Waals surface area contributed by atoms with Crippen LogP contribution in [-0.4, -0.2) is 26.3 Å². The Morgan fingerprint density at radius 2 is 2.07 bits per heavy atom. The summed E-state index contributed by atoms with van der Waals surface area (Å²) in [5, 5.41) is 16.4. The maximum Gasteiger partial charge on any atom is 0.319 e. The fourth-order valence-corrected chi connectivity index (χ4v) is 2.85. The number of hydrogen-bond acceptors (Lipinski definition) is 3. The van der Waals surface area contributed by atoms with Gasteiger partial charge >= 0.3 is 5.97 Å². The normalized spacial score (nSPS) is 14.5. The van der Waals surface area contributed by atoms with Crippen LogP contribution < -0.4 is 0 Å². The summed E-state index contributed by atoms with van der Waals surface area (Å²) in [6.45, 7) is 3.51. The van der Waals surface area contributed by atoms with E-state index in [0.717, 1.165) is 0 Å². The van der Waals surface area contributed by atoms with Crippen LogP contribution in [0.25, 0.3) is 0 Å². The molecule has 0 amide bonds. The first-order valence-electron chi connectivity index (χ1n) is 4.97. The van der Waals surface area contributed by atoms with E-state index in [4.69, 9.17) is 10.4 Å². The van der Waals surface area contributed by atoms with Crippen LogP contribution in [-0.2, 0) is 15.6 Å². The summed E-state index contributed by atoms with van der Waals surface area (Å²) in [5.41, 5.74) is 0. The second-order valence-electron chi connectivity index (χ2n) is 3.70. The number of nitrogens with zero attached hydrogens (tertiary/aromatic N) is 1. The summed E-state index contributed by atoms with van der Waals surface area (Å²) in [5.74, 6) is -0.750. The molecular formula is C10H17NO3S. The highest BCUT2D eigenvalue weighted by Gasteiger charge is 2.27. The van der Waals surface area contributed by atoms with Gasteiger partial charge in [-0.3, -0.25) is 9.00 Å². The van der Waals surface area contributed by atoms with E-state index < -0.39 is 22.0 Å². The molecule has 2 unspecified atom stereocenters. The van der Waals surface area contributed by atoms with Crippen molar-refractivity contribution in [2.45, 2.75) is 38.4 Å². The number of carboxylic acids is 1. The molecule has 4 nitrogen and oxygen atoms in total. The van der Waals surface area contributed by atoms with Crippen LogP contribution in [0.3, 0.4) is 0 Å². The highest BCUT2D eigenvalue weighted by Crippen LogP contribution is 2.11. The van der Waals surface area contributed by atoms with Crippen molar-refractivity contribution in [1.82, 2.24) is 0 Å². The van der Waals surface area contributed by atoms with E-state index in [2.05, 4.69) is 0 Å². The molecule has 0 aliphatic rings. The second-order valence-corrected chi connectivity index (χ2v) is 5.38. The van der Waals surface area contributed by atoms with Gasteiger partial charge in [0.25, 0.3) is 0 Å². The van der Waals surface area contributed by atoms with Crippen LogP contribution >= 0.6 is 0 Å². The summed E-state index contributed by atoms with van der Waals surface area (Å²) in [4.78, 5) is 10.8. The summed E-state index contributed by atoms with van der Waals surface area (Å²) >= 11 is 0. The lowest BCUT2D eigenvalue weighted by Crippen LogP contribution is -2.32. The van der Waals surface area contributed by atoms with Crippen molar-refractivity contribution in [3.05, 3.63) is 0 Å². The molecule has 5 heteroatoms. The zero-order valence-electron chi connectivity index (χ0n) is 9.10. The maximum atomic E-state index is 11.6. The van der Waals surface area contributed by atoms with Gasteiger partial charge in [-0.1, -0.05) is 13.8 Å². The molecule has 0 aromatic carbocycles. The number of rotatable bonds is 7. The first-order chi connectivity index (χ1) is 7.00. The molecule has 15 heavy (non-hydrogen) atoms. The molecule has 0 radical (unpaired) electrons. The van der Waals surface area contributed by atoms with Crippen LogP contribution in [0.15, 0.2) is 0 Å². The third-order valence-electron chi connectivity index (χ3n) is 2.02. The third-order valence-corrected chi connectivity index (χ3v) is 4.02. The molecule has 0 saturated heterocycles. The summed E-state index contributed by atoms with van der Waals surface area (Å²) in [6.07, 6.45) is 1.78. The lowest BCUT2D eigenvalue weighted by atomic mass is 10.1. The number of unbranched alkanes of at least 4 members (excludes halogenated alkanes) is 2. The molecule has 0 spiro atoms. The van der Waals surface area contributed by atoms with E-state index in [1.54, 1.807) is 13.8 Å². The van der Waals surface area contributed by atoms with Gasteiger partial charge in [0, 0.05) is 23.0 Å². The maximum absolute atomic E-state index is 11.6. The van der Waals surface area contributed by atoms with Gasteiger partial charge in [-0.25, -0.2) is 0 Å². The Labute approximate surface area is 92.7 Å². The molecule has 0 rings (SSSR count). The molecule has 0 aromatic rings. The molecule has 0 aliphatic heterocycles. The first-order valence-corrected chi connectivity index (χ1v) is 6.35. The topological polar surface area (TPSA) is 78.2 Å². The van der Waals surface area contributed by atoms with Crippen molar-refractivity contribution in [3.63, 3.8) is 0 Å². The van der Waals surface area contributed by atoms with E-state index in [1.165, 1.54) is 0 Å². The van der Waals surface area contributed by atoms with E-state index >= 15 is 0 Å². The zero-order chi connectivity index (χ0) is 11.8. The highest BCUT2D eigenvalue weighted by molar-refractivity contribution is 7.86. The van der Waals surface area contributed by atoms with Crippen molar-refractivity contribution < 1.29 is 14.1 Å². The summed E-state index contributed by atoms with van der Waals surface area (Å²) < 4.78 is 11.6. The van der Waals surface area contributed by atoms with Crippen LogP contribution in [0, 0.1) is 17.2 Å². The van der Waals surface area contributed by atoms with Crippen LogP contribution in [0.5, 0.6) is 0 Å². The number of aliphatic carboxylic acids is 1. The fourth-order valence-electron chi connectivity index (χ4n) is 1.28. The van der Waals surface area contributed by atoms with Crippen LogP contribution in [0.4, 0.5) is 0 Å². The molecule has 0 bridgehead atoms. The Kier molecular flexibility index (Phi) is 6.97. The summed E-state index contributed by atoms with van der Waals surface area (Å²) in [7, 11) is -1.33. The van der Waals surface area contributed by atoms with Gasteiger partial charge in [-0.05, 0) is 18.8 Å². The van der Waals surface area contributed by atoms with Crippen molar-refractivity contribution in [3.8, 4) is 6.07 Å². The van der Waals surface area contributed by atoms with Crippen LogP contribution in [0.2, 0.25) is 0 Å². The largest absolute Gasteiger partial charge is 0.480 e. The lowest BCUT2D eigenvalue weighted by molar-refractivity contribution is -0.137. The molecule has 1 N–H and O–H groups in total. The standard InChI is InChI=1S/C10H17NO3S/c1-8(2)9(10(12)13)15(14)7-5-3-4-6-11/h8-9H,3-5,7H2,1-2H3,(H,12,13). The number of carbonyl (C=O) groups is 1. The van der Waals surface area contributed by atoms with Crippen molar-refractivity contribution >= 4 is 16.8 Å². The predicted molar refractivity (Wildman–Crippen MR) is 58.7 cm³/mol. The molecule has 0 aliphatic carbocycles. The Hall–Kier alpha value is -0.890. The Morgan fingerprint density at radius 1 is 1.47 bits per heavy atom. The number of nitriles is 1. The monoisotopic (exact) mass is 231 g/mol. The van der Waals surface area contributed by atoms with E-state index in [-0.39, 0.29) is 5.92 Å². The number of carboxylic acid groups (broad SMARTS) is 1. The van der Waals surface area contributed by atoms with Gasteiger partial charge in [0.05, 0.1) is 6.07 Å². The van der Waals surface area contributed by atoms with Gasteiger partial charge < -0.3 is 5.11 Å². The average Bonchev–Trinajstić information content (AvgIpc) is 2.11. The molecule has 0 fully saturated rings. The molecule has 2 atom stereocenters. The van der Waals surface area contributed by atoms with Crippen LogP contribution in [0.1, 0.15) is 33.1 Å². The predicted octanol–water partition coefficient (Wildman–Crippen LogP) is 1.54. The number of hydrogen-bond donors (Lipinski definition) is 1. The lowest BCUT2D eigenvalue weighted by Gasteiger charge is -2.15. The highest BCUT2D eigenvalue weighted by atomic mass is 32.2. The van der Waals surface area contributed by atoms with Gasteiger partial charge in [0.1, 0.15) is 5.25 Å². The second kappa shape index (κ2) is 7.41. The van der Waals surface area contributed by atoms with Crippen molar-refractivity contribution in [2.24, 2.45) is 5.92 Å². The molecule has 0 heterocycles. The molecule has 0 saturated carbocycles.